The Labute approximate surface area is 383 Å². The van der Waals surface area contributed by atoms with Gasteiger partial charge in [0.2, 0.25) is 0 Å². The van der Waals surface area contributed by atoms with Crippen LogP contribution in [0.1, 0.15) is 44.5 Å². The predicted octanol–water partition coefficient (Wildman–Crippen LogP) is 14.7. The molecule has 11 aromatic rings. The van der Waals surface area contributed by atoms with Gasteiger partial charge in [0.05, 0.1) is 10.8 Å². The average molecular weight is 838 g/mol. The Kier molecular flexibility index (Phi) is 7.82. The zero-order chi connectivity index (χ0) is 43.4. The summed E-state index contributed by atoms with van der Waals surface area (Å²) in [5.74, 6) is 1.94. The van der Waals surface area contributed by atoms with E-state index in [9.17, 15) is 0 Å². The lowest BCUT2D eigenvalue weighted by Crippen LogP contribution is -2.43. The molecule has 0 N–H and O–H groups in total. The van der Waals surface area contributed by atoms with Crippen molar-refractivity contribution in [2.45, 2.75) is 10.8 Å². The molecule has 0 radical (unpaired) electrons. The van der Waals surface area contributed by atoms with Crippen LogP contribution in [0.5, 0.6) is 0 Å². The minimum atomic E-state index is -0.551. The van der Waals surface area contributed by atoms with Crippen molar-refractivity contribution < 1.29 is 0 Å². The number of rotatable bonds is 4. The number of nitrogens with zero attached hydrogens (tertiary/aromatic N) is 3. The van der Waals surface area contributed by atoms with Gasteiger partial charge in [0.15, 0.2) is 17.5 Å². The van der Waals surface area contributed by atoms with E-state index in [1.807, 2.05) is 18.2 Å². The molecule has 1 aromatic heterocycles. The third-order valence-electron chi connectivity index (χ3n) is 14.6. The highest BCUT2D eigenvalue weighted by Gasteiger charge is 2.59. The maximum absolute atomic E-state index is 5.13. The first-order chi connectivity index (χ1) is 32.7. The lowest BCUT2D eigenvalue weighted by Gasteiger charge is -2.48. The van der Waals surface area contributed by atoms with E-state index in [2.05, 4.69) is 218 Å². The van der Waals surface area contributed by atoms with Crippen molar-refractivity contribution in [3.05, 3.63) is 281 Å². The maximum atomic E-state index is 5.13. The van der Waals surface area contributed by atoms with Gasteiger partial charge in [-0.15, -0.1) is 0 Å². The van der Waals surface area contributed by atoms with Gasteiger partial charge >= 0.3 is 0 Å². The Balaban J connectivity index is 0.953. The fourth-order valence-corrected chi connectivity index (χ4v) is 12.0. The fraction of sp³-hybridized carbons (Fsp3) is 0.0317. The molecule has 0 atom stereocenters. The number of aromatic nitrogens is 3. The summed E-state index contributed by atoms with van der Waals surface area (Å²) in [5.41, 5.74) is 20.0. The van der Waals surface area contributed by atoms with Crippen LogP contribution in [-0.4, -0.2) is 15.0 Å². The smallest absolute Gasteiger partial charge is 0.164 e. The summed E-state index contributed by atoms with van der Waals surface area (Å²) in [4.78, 5) is 15.2. The number of benzene rings is 10. The molecular weight excluding hydrogens is 799 g/mol. The highest BCUT2D eigenvalue weighted by Crippen LogP contribution is 2.68. The van der Waals surface area contributed by atoms with Gasteiger partial charge in [-0.2, -0.15) is 0 Å². The van der Waals surface area contributed by atoms with Crippen molar-refractivity contribution >= 4 is 10.8 Å². The Morgan fingerprint density at radius 1 is 0.227 bits per heavy atom. The molecule has 306 valence electrons. The Bertz CT molecular complexity index is 3680. The number of hydrogen-bond donors (Lipinski definition) is 0. The molecule has 0 unspecified atom stereocenters. The molecule has 0 bridgehead atoms. The van der Waals surface area contributed by atoms with Crippen molar-refractivity contribution in [1.82, 2.24) is 15.0 Å². The minimum Gasteiger partial charge on any atom is -0.208 e. The Morgan fingerprint density at radius 3 is 1.20 bits per heavy atom. The van der Waals surface area contributed by atoms with Crippen molar-refractivity contribution in [3.63, 3.8) is 0 Å². The normalized spacial score (nSPS) is 14.0. The first-order valence-corrected chi connectivity index (χ1v) is 22.8. The molecule has 3 heteroatoms. The number of fused-ring (bicyclic) bond motifs is 17. The van der Waals surface area contributed by atoms with E-state index in [-0.39, 0.29) is 0 Å². The van der Waals surface area contributed by atoms with E-state index >= 15 is 0 Å². The van der Waals surface area contributed by atoms with Gasteiger partial charge < -0.3 is 0 Å². The van der Waals surface area contributed by atoms with Gasteiger partial charge in [0.1, 0.15) is 0 Å². The summed E-state index contributed by atoms with van der Waals surface area (Å²) in [6.45, 7) is 0. The molecule has 0 amide bonds. The lowest BCUT2D eigenvalue weighted by atomic mass is 9.52. The third-order valence-corrected chi connectivity index (χ3v) is 14.6. The summed E-state index contributed by atoms with van der Waals surface area (Å²) in [6.07, 6.45) is 0. The molecular formula is C63H39N3. The molecule has 66 heavy (non-hydrogen) atoms. The van der Waals surface area contributed by atoms with Gasteiger partial charge in [0.25, 0.3) is 0 Å². The van der Waals surface area contributed by atoms with Crippen LogP contribution in [0.4, 0.5) is 0 Å². The van der Waals surface area contributed by atoms with Crippen LogP contribution in [0.15, 0.2) is 237 Å². The van der Waals surface area contributed by atoms with E-state index in [1.54, 1.807) is 0 Å². The van der Waals surface area contributed by atoms with Crippen molar-refractivity contribution in [2.24, 2.45) is 0 Å². The molecule has 0 saturated heterocycles. The minimum absolute atomic E-state index is 0.472. The maximum Gasteiger partial charge on any atom is 0.164 e. The monoisotopic (exact) mass is 837 g/mol. The molecule has 14 rings (SSSR count). The van der Waals surface area contributed by atoms with Crippen LogP contribution >= 0.6 is 0 Å². The molecule has 0 fully saturated rings. The second-order valence-corrected chi connectivity index (χ2v) is 17.8. The van der Waals surface area contributed by atoms with E-state index in [1.165, 1.54) is 77.7 Å². The molecule has 0 aliphatic heterocycles. The summed E-state index contributed by atoms with van der Waals surface area (Å²) in [6, 6.07) is 86.7. The summed E-state index contributed by atoms with van der Waals surface area (Å²) in [7, 11) is 0. The third kappa shape index (κ3) is 4.94. The lowest BCUT2D eigenvalue weighted by molar-refractivity contribution is 0.633. The second kappa shape index (κ2) is 14.0. The largest absolute Gasteiger partial charge is 0.208 e. The highest BCUT2D eigenvalue weighted by molar-refractivity contribution is 5.98. The van der Waals surface area contributed by atoms with Crippen LogP contribution in [0.25, 0.3) is 78.3 Å². The predicted molar refractivity (Wildman–Crippen MR) is 267 cm³/mol. The Hall–Kier alpha value is -8.53. The summed E-state index contributed by atoms with van der Waals surface area (Å²) >= 11 is 0. The standard InChI is InChI=1S/C63H39N3/c1-2-18-42(19-3-1)59-64-60(66-61(65-59)45-38-33-40-17-4-5-20-44(40)39-45)43-36-34-41(35-37-43)46-24-16-32-57-58(46)49-23-8-11-27-52(49)63(57)55-30-14-12-28-53(55)62(54-29-13-15-31-56(54)63)50-25-9-6-21-47(50)48-22-7-10-26-51(48)62/h1-39H. The Morgan fingerprint density at radius 2 is 0.606 bits per heavy atom. The van der Waals surface area contributed by atoms with Crippen LogP contribution in [-0.2, 0) is 10.8 Å². The van der Waals surface area contributed by atoms with Crippen LogP contribution < -0.4 is 0 Å². The average Bonchev–Trinajstić information content (AvgIpc) is 3.86. The van der Waals surface area contributed by atoms with Crippen molar-refractivity contribution in [3.8, 4) is 67.5 Å². The summed E-state index contributed by atoms with van der Waals surface area (Å²) in [5, 5.41) is 2.33. The first-order valence-electron chi connectivity index (χ1n) is 22.8. The molecule has 10 aromatic carbocycles. The first kappa shape index (κ1) is 36.9. The molecule has 2 spiro atoms. The van der Waals surface area contributed by atoms with E-state index < -0.39 is 10.8 Å². The van der Waals surface area contributed by atoms with Crippen LogP contribution in [0.3, 0.4) is 0 Å². The van der Waals surface area contributed by atoms with Crippen molar-refractivity contribution in [1.29, 1.82) is 0 Å². The summed E-state index contributed by atoms with van der Waals surface area (Å²) < 4.78 is 0. The highest BCUT2D eigenvalue weighted by atomic mass is 15.0. The molecule has 3 nitrogen and oxygen atoms in total. The zero-order valence-electron chi connectivity index (χ0n) is 35.9. The van der Waals surface area contributed by atoms with Gasteiger partial charge in [-0.1, -0.05) is 231 Å². The van der Waals surface area contributed by atoms with Gasteiger partial charge in [-0.05, 0) is 94.7 Å². The van der Waals surface area contributed by atoms with Crippen LogP contribution in [0, 0.1) is 0 Å². The van der Waals surface area contributed by atoms with E-state index in [0.717, 1.165) is 27.6 Å². The SMILES string of the molecule is c1ccc(-c2nc(-c3ccc(-c4cccc5c4-c4ccccc4C54c5ccccc5C5(c6ccccc6-c6ccccc65)c5ccccc54)cc3)nc(-c3ccc4ccccc4c3)n2)cc1. The van der Waals surface area contributed by atoms with E-state index in [0.29, 0.717) is 17.5 Å². The van der Waals surface area contributed by atoms with Gasteiger partial charge in [-0.3, -0.25) is 0 Å². The topological polar surface area (TPSA) is 38.7 Å². The quantitative estimate of drug-likeness (QED) is 0.177. The molecule has 3 aliphatic rings. The molecule has 3 aliphatic carbocycles. The molecule has 0 saturated carbocycles. The van der Waals surface area contributed by atoms with Crippen molar-refractivity contribution in [2.75, 3.05) is 0 Å². The molecule has 1 heterocycles. The van der Waals surface area contributed by atoms with Gasteiger partial charge in [0, 0.05) is 16.7 Å². The van der Waals surface area contributed by atoms with Crippen LogP contribution in [0.2, 0.25) is 0 Å². The second-order valence-electron chi connectivity index (χ2n) is 17.8. The number of hydrogen-bond acceptors (Lipinski definition) is 3. The van der Waals surface area contributed by atoms with Gasteiger partial charge in [-0.25, -0.2) is 15.0 Å². The zero-order valence-corrected chi connectivity index (χ0v) is 35.9. The van der Waals surface area contributed by atoms with E-state index in [4.69, 9.17) is 15.0 Å². The fourth-order valence-electron chi connectivity index (χ4n) is 12.0.